The van der Waals surface area contributed by atoms with E-state index >= 15 is 0 Å². The van der Waals surface area contributed by atoms with Gasteiger partial charge in [-0.3, -0.25) is 14.1 Å². The van der Waals surface area contributed by atoms with E-state index in [-0.39, 0.29) is 6.29 Å². The molecule has 4 nitrogen and oxygen atoms in total. The van der Waals surface area contributed by atoms with Crippen molar-refractivity contribution in [1.29, 1.82) is 0 Å². The highest BCUT2D eigenvalue weighted by molar-refractivity contribution is 6.89. The van der Waals surface area contributed by atoms with Crippen molar-refractivity contribution in [3.63, 3.8) is 0 Å². The molecule has 6 heteroatoms. The van der Waals surface area contributed by atoms with Crippen LogP contribution in [0.15, 0.2) is 0 Å². The van der Waals surface area contributed by atoms with Crippen LogP contribution in [0.25, 0.3) is 0 Å². The summed E-state index contributed by atoms with van der Waals surface area (Å²) >= 11 is 0. The molecule has 1 N–H and O–H groups in total. The Labute approximate surface area is 123 Å². The SMILES string of the molecule is CCN(CC)C(NN([Si](C)(C)C)[Si](C)(C)C)N(C)C. The molecule has 0 aromatic carbocycles. The second-order valence-corrected chi connectivity index (χ2v) is 17.4. The van der Waals surface area contributed by atoms with Crippen LogP contribution >= 0.6 is 0 Å². The van der Waals surface area contributed by atoms with Crippen LogP contribution in [0, 0.1) is 0 Å². The summed E-state index contributed by atoms with van der Waals surface area (Å²) in [5, 5.41) is 0. The molecule has 0 aliphatic rings. The molecule has 0 saturated carbocycles. The molecule has 1 atom stereocenters. The van der Waals surface area contributed by atoms with Gasteiger partial charge in [0.25, 0.3) is 0 Å². The van der Waals surface area contributed by atoms with Gasteiger partial charge in [0.15, 0.2) is 0 Å². The Morgan fingerprint density at radius 2 is 1.21 bits per heavy atom. The van der Waals surface area contributed by atoms with Crippen LogP contribution in [0.2, 0.25) is 39.3 Å². The molecule has 19 heavy (non-hydrogen) atoms. The van der Waals surface area contributed by atoms with Crippen molar-refractivity contribution in [3.8, 4) is 0 Å². The Morgan fingerprint density at radius 3 is 1.42 bits per heavy atom. The Balaban J connectivity index is 5.17. The highest BCUT2D eigenvalue weighted by atomic mass is 28.4. The third-order valence-electron chi connectivity index (χ3n) is 3.23. The first-order chi connectivity index (χ1) is 8.45. The fourth-order valence-electron chi connectivity index (χ4n) is 2.60. The highest BCUT2D eigenvalue weighted by Gasteiger charge is 2.37. The van der Waals surface area contributed by atoms with Crippen LogP contribution in [-0.4, -0.2) is 64.1 Å². The van der Waals surface area contributed by atoms with Crippen LogP contribution < -0.4 is 5.43 Å². The average Bonchev–Trinajstić information content (AvgIpc) is 2.19. The highest BCUT2D eigenvalue weighted by Crippen LogP contribution is 2.18. The van der Waals surface area contributed by atoms with Crippen LogP contribution in [-0.2, 0) is 0 Å². The molecule has 0 rings (SSSR count). The summed E-state index contributed by atoms with van der Waals surface area (Å²) in [7, 11) is 1.57. The molecule has 0 aromatic rings. The molecule has 0 aliphatic heterocycles. The summed E-state index contributed by atoms with van der Waals surface area (Å²) in [4.78, 5) is 4.74. The van der Waals surface area contributed by atoms with E-state index in [0.717, 1.165) is 13.1 Å². The summed E-state index contributed by atoms with van der Waals surface area (Å²) in [5.74, 6) is 0. The van der Waals surface area contributed by atoms with Crippen LogP contribution in [0.1, 0.15) is 13.8 Å². The van der Waals surface area contributed by atoms with Gasteiger partial charge < -0.3 is 0 Å². The Morgan fingerprint density at radius 1 is 0.842 bits per heavy atom. The first-order valence-corrected chi connectivity index (χ1v) is 14.3. The van der Waals surface area contributed by atoms with Gasteiger partial charge >= 0.3 is 0 Å². The third-order valence-corrected chi connectivity index (χ3v) is 10.2. The van der Waals surface area contributed by atoms with Crippen LogP contribution in [0.4, 0.5) is 0 Å². The summed E-state index contributed by atoms with van der Waals surface area (Å²) in [6.45, 7) is 21.1. The van der Waals surface area contributed by atoms with E-state index in [4.69, 9.17) is 0 Å². The molecular formula is C13H36N4Si2. The maximum absolute atomic E-state index is 3.84. The molecule has 1 unspecified atom stereocenters. The minimum Gasteiger partial charge on any atom is -0.284 e. The summed E-state index contributed by atoms with van der Waals surface area (Å²) in [6.07, 6.45) is 0.286. The Kier molecular flexibility index (Phi) is 7.44. The van der Waals surface area contributed by atoms with Crippen molar-refractivity contribution in [2.75, 3.05) is 27.2 Å². The normalized spacial score (nSPS) is 15.6. The maximum atomic E-state index is 3.84. The van der Waals surface area contributed by atoms with Crippen molar-refractivity contribution in [1.82, 2.24) is 19.6 Å². The predicted molar refractivity (Wildman–Crippen MR) is 92.1 cm³/mol. The van der Waals surface area contributed by atoms with Crippen molar-refractivity contribution in [2.24, 2.45) is 0 Å². The molecule has 116 valence electrons. The lowest BCUT2D eigenvalue weighted by molar-refractivity contribution is 0.0328. The Hall–Kier alpha value is 0.274. The number of rotatable bonds is 8. The lowest BCUT2D eigenvalue weighted by Gasteiger charge is -2.48. The van der Waals surface area contributed by atoms with Crippen LogP contribution in [0.5, 0.6) is 0 Å². The van der Waals surface area contributed by atoms with Gasteiger partial charge in [-0.2, -0.15) is 0 Å². The van der Waals surface area contributed by atoms with E-state index in [0.29, 0.717) is 0 Å². The van der Waals surface area contributed by atoms with Gasteiger partial charge in [0, 0.05) is 0 Å². The van der Waals surface area contributed by atoms with Crippen LogP contribution in [0.3, 0.4) is 0 Å². The van der Waals surface area contributed by atoms with Crippen molar-refractivity contribution in [2.45, 2.75) is 59.4 Å². The van der Waals surface area contributed by atoms with E-state index in [1.165, 1.54) is 0 Å². The van der Waals surface area contributed by atoms with Gasteiger partial charge in [0.2, 0.25) is 0 Å². The second-order valence-electron chi connectivity index (χ2n) is 7.36. The second kappa shape index (κ2) is 7.33. The quantitative estimate of drug-likeness (QED) is 0.423. The first-order valence-electron chi connectivity index (χ1n) is 7.42. The lowest BCUT2D eigenvalue weighted by atomic mass is 10.5. The van der Waals surface area contributed by atoms with E-state index < -0.39 is 16.5 Å². The van der Waals surface area contributed by atoms with Crippen molar-refractivity contribution in [3.05, 3.63) is 0 Å². The topological polar surface area (TPSA) is 21.8 Å². The van der Waals surface area contributed by atoms with Crippen molar-refractivity contribution >= 4 is 16.5 Å². The number of hydrogen-bond acceptors (Lipinski definition) is 4. The van der Waals surface area contributed by atoms with Gasteiger partial charge in [-0.1, -0.05) is 53.1 Å². The fraction of sp³-hybridized carbons (Fsp3) is 1.00. The third kappa shape index (κ3) is 6.05. The average molecular weight is 305 g/mol. The number of hydrazine groups is 1. The lowest BCUT2D eigenvalue weighted by Crippen LogP contribution is -2.71. The standard InChI is InChI=1S/C13H36N4Si2/c1-11-16(12-2)13(15(3)4)14-17(18(5,6)7)19(8,9)10/h13-14H,11-12H2,1-10H3. The number of nitrogens with zero attached hydrogens (tertiary/aromatic N) is 3. The molecule has 0 heterocycles. The number of hydrogen-bond donors (Lipinski definition) is 1. The van der Waals surface area contributed by atoms with E-state index in [1.807, 2.05) is 0 Å². The fourth-order valence-corrected chi connectivity index (χ4v) is 11.7. The molecule has 0 amide bonds. The monoisotopic (exact) mass is 304 g/mol. The largest absolute Gasteiger partial charge is 0.284 e. The first kappa shape index (κ1) is 19.3. The summed E-state index contributed by atoms with van der Waals surface area (Å²) < 4.78 is 2.64. The summed E-state index contributed by atoms with van der Waals surface area (Å²) in [5.41, 5.74) is 3.84. The van der Waals surface area contributed by atoms with Gasteiger partial charge in [-0.05, 0) is 27.2 Å². The van der Waals surface area contributed by atoms with Gasteiger partial charge in [-0.15, -0.1) is 0 Å². The van der Waals surface area contributed by atoms with Gasteiger partial charge in [0.1, 0.15) is 22.8 Å². The van der Waals surface area contributed by atoms with Crippen molar-refractivity contribution < 1.29 is 0 Å². The smallest absolute Gasteiger partial charge is 0.128 e. The van der Waals surface area contributed by atoms with E-state index in [9.17, 15) is 0 Å². The molecule has 0 fully saturated rings. The minimum absolute atomic E-state index is 0.286. The number of nitrogens with one attached hydrogen (secondary N) is 1. The van der Waals surface area contributed by atoms with Gasteiger partial charge in [-0.25, -0.2) is 5.43 Å². The predicted octanol–water partition coefficient (Wildman–Crippen LogP) is 2.65. The minimum atomic E-state index is -1.37. The molecule has 0 saturated heterocycles. The Bertz CT molecular complexity index is 240. The zero-order valence-electron chi connectivity index (χ0n) is 14.8. The molecule has 0 bridgehead atoms. The zero-order chi connectivity index (χ0) is 15.4. The molecule has 0 aromatic heterocycles. The molecule has 0 radical (unpaired) electrons. The molecule has 0 aliphatic carbocycles. The maximum Gasteiger partial charge on any atom is 0.128 e. The molecular weight excluding hydrogens is 268 g/mol. The zero-order valence-corrected chi connectivity index (χ0v) is 16.8. The molecule has 0 spiro atoms. The van der Waals surface area contributed by atoms with Gasteiger partial charge in [0.05, 0.1) is 0 Å². The van der Waals surface area contributed by atoms with E-state index in [1.54, 1.807) is 0 Å². The van der Waals surface area contributed by atoms with E-state index in [2.05, 4.69) is 86.8 Å². The summed E-state index contributed by atoms with van der Waals surface area (Å²) in [6, 6.07) is 0.